The summed E-state index contributed by atoms with van der Waals surface area (Å²) in [4.78, 5) is 27.0. The van der Waals surface area contributed by atoms with E-state index in [9.17, 15) is 9.18 Å². The predicted molar refractivity (Wildman–Crippen MR) is 112 cm³/mol. The van der Waals surface area contributed by atoms with Crippen LogP contribution in [0.3, 0.4) is 0 Å². The van der Waals surface area contributed by atoms with Crippen LogP contribution in [0.15, 0.2) is 48.8 Å². The number of morpholine rings is 1. The fraction of sp³-hybridized carbons (Fsp3) is 0.238. The lowest BCUT2D eigenvalue weighted by molar-refractivity contribution is 0.102. The Labute approximate surface area is 173 Å². The second-order valence-electron chi connectivity index (χ2n) is 6.81. The highest BCUT2D eigenvalue weighted by Gasteiger charge is 2.14. The van der Waals surface area contributed by atoms with Crippen molar-refractivity contribution in [1.29, 1.82) is 0 Å². The maximum Gasteiger partial charge on any atom is 0.257 e. The highest BCUT2D eigenvalue weighted by Crippen LogP contribution is 2.22. The third-order valence-corrected chi connectivity index (χ3v) is 4.54. The summed E-state index contributed by atoms with van der Waals surface area (Å²) in [6.07, 6.45) is 2.37. The van der Waals surface area contributed by atoms with Crippen LogP contribution in [0, 0.1) is 12.7 Å². The van der Waals surface area contributed by atoms with E-state index in [0.717, 1.165) is 36.9 Å². The Bertz CT molecular complexity index is 1040. The number of nitrogens with zero attached hydrogens (tertiary/aromatic N) is 4. The molecule has 0 spiro atoms. The predicted octanol–water partition coefficient (Wildman–Crippen LogP) is 3.15. The molecule has 3 heterocycles. The van der Waals surface area contributed by atoms with Crippen molar-refractivity contribution in [2.24, 2.45) is 0 Å². The van der Waals surface area contributed by atoms with E-state index in [4.69, 9.17) is 4.74 Å². The maximum atomic E-state index is 13.2. The molecule has 1 aromatic carbocycles. The minimum Gasteiger partial charge on any atom is -0.378 e. The molecule has 9 heteroatoms. The fourth-order valence-corrected chi connectivity index (χ4v) is 3.09. The van der Waals surface area contributed by atoms with Gasteiger partial charge in [-0.05, 0) is 37.3 Å². The molecular formula is C21H21FN6O2. The van der Waals surface area contributed by atoms with Gasteiger partial charge in [0.05, 0.1) is 25.0 Å². The van der Waals surface area contributed by atoms with Gasteiger partial charge in [-0.1, -0.05) is 0 Å². The molecule has 1 saturated heterocycles. The van der Waals surface area contributed by atoms with Crippen LogP contribution in [0.1, 0.15) is 16.2 Å². The number of anilines is 4. The van der Waals surface area contributed by atoms with Gasteiger partial charge in [0, 0.05) is 36.7 Å². The second kappa shape index (κ2) is 8.83. The van der Waals surface area contributed by atoms with Gasteiger partial charge in [-0.15, -0.1) is 0 Å². The lowest BCUT2D eigenvalue weighted by Crippen LogP contribution is -2.36. The zero-order chi connectivity index (χ0) is 20.9. The molecule has 0 radical (unpaired) electrons. The number of nitrogens with one attached hydrogen (secondary N) is 2. The lowest BCUT2D eigenvalue weighted by atomic mass is 10.2. The van der Waals surface area contributed by atoms with Crippen LogP contribution < -0.4 is 15.5 Å². The Balaban J connectivity index is 1.43. The summed E-state index contributed by atoms with van der Waals surface area (Å²) >= 11 is 0. The van der Waals surface area contributed by atoms with Gasteiger partial charge < -0.3 is 20.3 Å². The molecule has 3 aromatic rings. The van der Waals surface area contributed by atoms with E-state index in [0.29, 0.717) is 30.5 Å². The van der Waals surface area contributed by atoms with Crippen LogP contribution in [0.4, 0.5) is 27.4 Å². The number of hydrogen-bond donors (Lipinski definition) is 2. The Morgan fingerprint density at radius 3 is 2.53 bits per heavy atom. The number of pyridine rings is 1. The monoisotopic (exact) mass is 408 g/mol. The zero-order valence-electron chi connectivity index (χ0n) is 16.4. The van der Waals surface area contributed by atoms with Gasteiger partial charge in [-0.2, -0.15) is 0 Å². The molecular weight excluding hydrogens is 387 g/mol. The number of amides is 1. The van der Waals surface area contributed by atoms with Crippen LogP contribution in [0.5, 0.6) is 0 Å². The fourth-order valence-electron chi connectivity index (χ4n) is 3.09. The summed E-state index contributed by atoms with van der Waals surface area (Å²) in [6.45, 7) is 4.82. The largest absolute Gasteiger partial charge is 0.378 e. The first-order chi connectivity index (χ1) is 14.6. The van der Waals surface area contributed by atoms with Crippen LogP contribution >= 0.6 is 0 Å². The van der Waals surface area contributed by atoms with Crippen molar-refractivity contribution in [2.45, 2.75) is 6.92 Å². The molecule has 0 saturated carbocycles. The van der Waals surface area contributed by atoms with Gasteiger partial charge in [0.25, 0.3) is 5.91 Å². The van der Waals surface area contributed by atoms with E-state index in [1.165, 1.54) is 6.20 Å². The number of carbonyl (C=O) groups excluding carboxylic acids is 1. The first-order valence-corrected chi connectivity index (χ1v) is 9.54. The zero-order valence-corrected chi connectivity index (χ0v) is 16.4. The summed E-state index contributed by atoms with van der Waals surface area (Å²) < 4.78 is 18.6. The van der Waals surface area contributed by atoms with Gasteiger partial charge in [0.1, 0.15) is 23.3 Å². The van der Waals surface area contributed by atoms with E-state index in [2.05, 4.69) is 30.5 Å². The summed E-state index contributed by atoms with van der Waals surface area (Å²) in [5.41, 5.74) is 1.55. The minimum absolute atomic E-state index is 0.157. The third-order valence-electron chi connectivity index (χ3n) is 4.54. The van der Waals surface area contributed by atoms with E-state index < -0.39 is 11.7 Å². The van der Waals surface area contributed by atoms with Crippen molar-refractivity contribution < 1.29 is 13.9 Å². The molecule has 2 N–H and O–H groups in total. The Hall–Kier alpha value is -3.59. The highest BCUT2D eigenvalue weighted by molar-refractivity contribution is 6.04. The molecule has 2 aromatic heterocycles. The van der Waals surface area contributed by atoms with Crippen molar-refractivity contribution in [3.63, 3.8) is 0 Å². The number of rotatable bonds is 5. The number of carbonyl (C=O) groups is 1. The maximum absolute atomic E-state index is 13.2. The van der Waals surface area contributed by atoms with Crippen LogP contribution in [-0.2, 0) is 4.74 Å². The van der Waals surface area contributed by atoms with E-state index in [-0.39, 0.29) is 5.56 Å². The molecule has 1 fully saturated rings. The molecule has 1 aliphatic rings. The smallest absolute Gasteiger partial charge is 0.257 e. The number of aromatic nitrogens is 3. The molecule has 154 valence electrons. The molecule has 8 nitrogen and oxygen atoms in total. The summed E-state index contributed by atoms with van der Waals surface area (Å²) in [5.74, 6) is 1.24. The molecule has 0 aliphatic carbocycles. The highest BCUT2D eigenvalue weighted by atomic mass is 19.1. The van der Waals surface area contributed by atoms with E-state index >= 15 is 0 Å². The summed E-state index contributed by atoms with van der Waals surface area (Å²) in [5, 5.41) is 5.98. The van der Waals surface area contributed by atoms with Crippen LogP contribution in [0.2, 0.25) is 0 Å². The van der Waals surface area contributed by atoms with Crippen molar-refractivity contribution in [1.82, 2.24) is 15.0 Å². The number of aryl methyl sites for hydroxylation is 1. The van der Waals surface area contributed by atoms with Gasteiger partial charge in [-0.3, -0.25) is 9.78 Å². The molecule has 4 rings (SSSR count). The molecule has 1 amide bonds. The second-order valence-corrected chi connectivity index (χ2v) is 6.81. The Morgan fingerprint density at radius 1 is 1.07 bits per heavy atom. The Morgan fingerprint density at radius 2 is 1.80 bits per heavy atom. The average molecular weight is 408 g/mol. The lowest BCUT2D eigenvalue weighted by Gasteiger charge is -2.28. The molecule has 0 bridgehead atoms. The van der Waals surface area contributed by atoms with Crippen molar-refractivity contribution in [3.05, 3.63) is 66.0 Å². The molecule has 0 unspecified atom stereocenters. The third kappa shape index (κ3) is 4.87. The number of benzene rings is 1. The van der Waals surface area contributed by atoms with E-state index in [1.54, 1.807) is 12.1 Å². The first kappa shape index (κ1) is 19.7. The molecule has 1 aliphatic heterocycles. The van der Waals surface area contributed by atoms with Crippen LogP contribution in [-0.4, -0.2) is 47.2 Å². The normalized spacial score (nSPS) is 13.7. The number of hydrogen-bond acceptors (Lipinski definition) is 7. The van der Waals surface area contributed by atoms with Crippen molar-refractivity contribution >= 4 is 28.9 Å². The van der Waals surface area contributed by atoms with Gasteiger partial charge in [0.15, 0.2) is 0 Å². The van der Waals surface area contributed by atoms with Gasteiger partial charge in [0.2, 0.25) is 0 Å². The quantitative estimate of drug-likeness (QED) is 0.670. The standard InChI is InChI=1S/C21H21FN6O2/c1-14-24-19(11-20(25-14)28-6-8-30-9-7-28)26-17-2-4-18(5-3-17)27-21(29)15-10-16(22)13-23-12-15/h2-5,10-13H,6-9H2,1H3,(H,27,29)(H,24,25,26). The number of halogens is 1. The average Bonchev–Trinajstić information content (AvgIpc) is 2.75. The molecule has 30 heavy (non-hydrogen) atoms. The summed E-state index contributed by atoms with van der Waals surface area (Å²) in [6, 6.07) is 10.2. The topological polar surface area (TPSA) is 92.3 Å². The minimum atomic E-state index is -0.557. The van der Waals surface area contributed by atoms with Crippen molar-refractivity contribution in [3.8, 4) is 0 Å². The van der Waals surface area contributed by atoms with E-state index in [1.807, 2.05) is 25.1 Å². The molecule has 0 atom stereocenters. The van der Waals surface area contributed by atoms with Gasteiger partial charge in [-0.25, -0.2) is 14.4 Å². The van der Waals surface area contributed by atoms with Crippen LogP contribution in [0.25, 0.3) is 0 Å². The van der Waals surface area contributed by atoms with Gasteiger partial charge >= 0.3 is 0 Å². The Kier molecular flexibility index (Phi) is 5.80. The number of ether oxygens (including phenoxy) is 1. The summed E-state index contributed by atoms with van der Waals surface area (Å²) in [7, 11) is 0. The first-order valence-electron chi connectivity index (χ1n) is 9.54. The SMILES string of the molecule is Cc1nc(Nc2ccc(NC(=O)c3cncc(F)c3)cc2)cc(N2CCOCC2)n1. The van der Waals surface area contributed by atoms with Crippen molar-refractivity contribution in [2.75, 3.05) is 41.8 Å².